The van der Waals surface area contributed by atoms with Gasteiger partial charge in [-0.2, -0.15) is 18.2 Å². The zero-order valence-corrected chi connectivity index (χ0v) is 20.7. The Balaban J connectivity index is 1.54. The summed E-state index contributed by atoms with van der Waals surface area (Å²) in [5.74, 6) is -0.387. The van der Waals surface area contributed by atoms with Gasteiger partial charge in [0, 0.05) is 31.0 Å². The van der Waals surface area contributed by atoms with E-state index in [2.05, 4.69) is 19.9 Å². The van der Waals surface area contributed by atoms with E-state index in [0.717, 1.165) is 22.5 Å². The first-order valence-corrected chi connectivity index (χ1v) is 12.0. The monoisotopic (exact) mass is 528 g/mol. The molecular formula is C26H24F4N6O2. The van der Waals surface area contributed by atoms with E-state index in [1.54, 1.807) is 12.1 Å². The number of halogens is 4. The quantitative estimate of drug-likeness (QED) is 0.353. The Morgan fingerprint density at radius 1 is 1.11 bits per heavy atom. The fourth-order valence-corrected chi connectivity index (χ4v) is 4.98. The van der Waals surface area contributed by atoms with Gasteiger partial charge in [-0.1, -0.05) is 12.1 Å². The van der Waals surface area contributed by atoms with Crippen molar-refractivity contribution in [2.75, 3.05) is 25.1 Å². The number of hydrogen-bond acceptors (Lipinski definition) is 7. The van der Waals surface area contributed by atoms with Crippen LogP contribution >= 0.6 is 0 Å². The topological polar surface area (TPSA) is 86.0 Å². The third kappa shape index (κ3) is 4.77. The van der Waals surface area contributed by atoms with Crippen LogP contribution in [0.1, 0.15) is 41.3 Å². The van der Waals surface area contributed by atoms with Crippen molar-refractivity contribution in [2.45, 2.75) is 38.4 Å². The largest absolute Gasteiger partial charge is 0.480 e. The predicted octanol–water partition coefficient (Wildman–Crippen LogP) is 4.49. The van der Waals surface area contributed by atoms with Crippen LogP contribution in [0.5, 0.6) is 5.88 Å². The molecule has 1 aliphatic rings. The number of methoxy groups -OCH3 is 1. The number of aromatic nitrogens is 5. The molecule has 1 fully saturated rings. The smallest absolute Gasteiger partial charge is 0.435 e. The Morgan fingerprint density at radius 2 is 1.84 bits per heavy atom. The molecule has 4 aromatic rings. The van der Waals surface area contributed by atoms with E-state index in [4.69, 9.17) is 4.74 Å². The van der Waals surface area contributed by atoms with Gasteiger partial charge in [-0.25, -0.2) is 14.4 Å². The van der Waals surface area contributed by atoms with E-state index in [1.165, 1.54) is 19.4 Å². The molecule has 1 saturated heterocycles. The maximum absolute atomic E-state index is 14.5. The number of anilines is 1. The van der Waals surface area contributed by atoms with Crippen molar-refractivity contribution >= 4 is 16.9 Å². The normalized spacial score (nSPS) is 14.7. The van der Waals surface area contributed by atoms with Gasteiger partial charge < -0.3 is 9.64 Å². The number of aryl methyl sites for hydroxylation is 1. The molecule has 0 amide bonds. The van der Waals surface area contributed by atoms with Gasteiger partial charge in [0.1, 0.15) is 11.3 Å². The summed E-state index contributed by atoms with van der Waals surface area (Å²) in [6, 6.07) is 6.57. The summed E-state index contributed by atoms with van der Waals surface area (Å²) < 4.78 is 61.7. The van der Waals surface area contributed by atoms with Crippen LogP contribution < -0.4 is 15.2 Å². The highest BCUT2D eigenvalue weighted by Crippen LogP contribution is 2.33. The minimum Gasteiger partial charge on any atom is -0.480 e. The summed E-state index contributed by atoms with van der Waals surface area (Å²) in [6.07, 6.45) is -0.157. The number of pyridine rings is 1. The molecule has 0 spiro atoms. The van der Waals surface area contributed by atoms with Gasteiger partial charge in [0.05, 0.1) is 31.2 Å². The van der Waals surface area contributed by atoms with Crippen molar-refractivity contribution < 1.29 is 22.3 Å². The molecule has 0 N–H and O–H groups in total. The second-order valence-corrected chi connectivity index (χ2v) is 9.13. The molecule has 198 valence electrons. The van der Waals surface area contributed by atoms with Crippen LogP contribution in [0, 0.1) is 12.7 Å². The number of para-hydroxylation sites is 1. The minimum atomic E-state index is -4.75. The number of rotatable bonds is 5. The van der Waals surface area contributed by atoms with Crippen molar-refractivity contribution in [3.8, 4) is 5.88 Å². The van der Waals surface area contributed by atoms with Crippen molar-refractivity contribution in [1.82, 2.24) is 24.5 Å². The fraction of sp³-hybridized carbons (Fsp3) is 0.346. The SMILES string of the molecule is COc1cnc2cc(C3CCN(c4c(C)cccc4F)CC3)c(=O)n(Cc3nccnc3C(F)(F)F)c2n1. The lowest BCUT2D eigenvalue weighted by atomic mass is 9.89. The number of fused-ring (bicyclic) bond motifs is 1. The Morgan fingerprint density at radius 3 is 2.53 bits per heavy atom. The molecule has 38 heavy (non-hydrogen) atoms. The van der Waals surface area contributed by atoms with Gasteiger partial charge in [0.25, 0.3) is 5.56 Å². The molecule has 0 bridgehead atoms. The fourth-order valence-electron chi connectivity index (χ4n) is 4.98. The average Bonchev–Trinajstić information content (AvgIpc) is 2.90. The zero-order chi connectivity index (χ0) is 27.0. The number of nitrogens with zero attached hydrogens (tertiary/aromatic N) is 6. The van der Waals surface area contributed by atoms with Crippen LogP contribution in [0.15, 0.2) is 47.7 Å². The highest BCUT2D eigenvalue weighted by atomic mass is 19.4. The van der Waals surface area contributed by atoms with E-state index >= 15 is 0 Å². The highest BCUT2D eigenvalue weighted by Gasteiger charge is 2.36. The van der Waals surface area contributed by atoms with E-state index in [-0.39, 0.29) is 23.3 Å². The maximum atomic E-state index is 14.5. The van der Waals surface area contributed by atoms with Gasteiger partial charge in [0.2, 0.25) is 5.88 Å². The molecule has 8 nitrogen and oxygen atoms in total. The standard InChI is InChI=1S/C26H24F4N6O2/c1-15-4-3-5-18(27)22(15)35-10-6-16(7-11-35)17-12-19-24(34-21(38-2)13-33-19)36(25(17)37)14-20-23(26(28,29)30)32-9-8-31-20/h3-5,8-9,12-13,16H,6-7,10-11,14H2,1-2H3. The second kappa shape index (κ2) is 9.99. The van der Waals surface area contributed by atoms with Crippen LogP contribution in [0.2, 0.25) is 0 Å². The summed E-state index contributed by atoms with van der Waals surface area (Å²) in [5, 5.41) is 0. The predicted molar refractivity (Wildman–Crippen MR) is 132 cm³/mol. The number of ether oxygens (including phenoxy) is 1. The molecule has 12 heteroatoms. The zero-order valence-electron chi connectivity index (χ0n) is 20.7. The molecule has 0 saturated carbocycles. The Bertz CT molecular complexity index is 1530. The first-order chi connectivity index (χ1) is 18.2. The Hall–Kier alpha value is -4.09. The summed E-state index contributed by atoms with van der Waals surface area (Å²) in [7, 11) is 1.38. The van der Waals surface area contributed by atoms with Gasteiger partial charge in [-0.15, -0.1) is 0 Å². The summed E-state index contributed by atoms with van der Waals surface area (Å²) in [4.78, 5) is 31.7. The van der Waals surface area contributed by atoms with Crippen LogP contribution in [-0.2, 0) is 12.7 Å². The lowest BCUT2D eigenvalue weighted by Gasteiger charge is -2.34. The lowest BCUT2D eigenvalue weighted by molar-refractivity contribution is -0.142. The van der Waals surface area contributed by atoms with Gasteiger partial charge >= 0.3 is 6.18 Å². The Labute approximate surface area is 215 Å². The van der Waals surface area contributed by atoms with Crippen LogP contribution in [-0.4, -0.2) is 44.7 Å². The molecule has 1 aliphatic heterocycles. The number of piperidine rings is 1. The van der Waals surface area contributed by atoms with Gasteiger partial charge in [-0.3, -0.25) is 14.3 Å². The lowest BCUT2D eigenvalue weighted by Crippen LogP contribution is -2.36. The molecule has 5 rings (SSSR count). The summed E-state index contributed by atoms with van der Waals surface area (Å²) in [6.45, 7) is 2.38. The average molecular weight is 529 g/mol. The van der Waals surface area contributed by atoms with E-state index in [1.807, 2.05) is 17.9 Å². The van der Waals surface area contributed by atoms with E-state index in [0.29, 0.717) is 42.7 Å². The van der Waals surface area contributed by atoms with Crippen molar-refractivity contribution in [2.24, 2.45) is 0 Å². The number of hydrogen-bond donors (Lipinski definition) is 0. The number of benzene rings is 1. The van der Waals surface area contributed by atoms with Gasteiger partial charge in [0.15, 0.2) is 11.3 Å². The van der Waals surface area contributed by atoms with Crippen molar-refractivity contribution in [3.63, 3.8) is 0 Å². The number of alkyl halides is 3. The Kier molecular flexibility index (Phi) is 6.72. The van der Waals surface area contributed by atoms with Crippen LogP contribution in [0.25, 0.3) is 11.2 Å². The van der Waals surface area contributed by atoms with Crippen molar-refractivity contribution in [3.05, 3.63) is 81.5 Å². The van der Waals surface area contributed by atoms with Crippen molar-refractivity contribution in [1.29, 1.82) is 0 Å². The van der Waals surface area contributed by atoms with Gasteiger partial charge in [-0.05, 0) is 43.4 Å². The molecule has 0 aliphatic carbocycles. The molecule has 1 aromatic carbocycles. The van der Waals surface area contributed by atoms with E-state index in [9.17, 15) is 22.4 Å². The van der Waals surface area contributed by atoms with Crippen LogP contribution in [0.4, 0.5) is 23.2 Å². The summed E-state index contributed by atoms with van der Waals surface area (Å²) in [5.41, 5.74) is 0.137. The molecule has 3 aromatic heterocycles. The maximum Gasteiger partial charge on any atom is 0.435 e. The second-order valence-electron chi connectivity index (χ2n) is 9.13. The third-order valence-electron chi connectivity index (χ3n) is 6.80. The first kappa shape index (κ1) is 25.6. The first-order valence-electron chi connectivity index (χ1n) is 12.0. The van der Waals surface area contributed by atoms with E-state index < -0.39 is 29.7 Å². The highest BCUT2D eigenvalue weighted by molar-refractivity contribution is 5.71. The molecule has 4 heterocycles. The molecule has 0 unspecified atom stereocenters. The minimum absolute atomic E-state index is 0.0799. The third-order valence-corrected chi connectivity index (χ3v) is 6.80. The molecule has 0 radical (unpaired) electrons. The van der Waals surface area contributed by atoms with Crippen LogP contribution in [0.3, 0.4) is 0 Å². The molecular weight excluding hydrogens is 504 g/mol. The molecule has 0 atom stereocenters. The summed E-state index contributed by atoms with van der Waals surface area (Å²) >= 11 is 0.